The van der Waals surface area contributed by atoms with E-state index in [2.05, 4.69) is 6.08 Å². The highest BCUT2D eigenvalue weighted by Gasteiger charge is 2.06. The van der Waals surface area contributed by atoms with E-state index in [-0.39, 0.29) is 13.2 Å². The van der Waals surface area contributed by atoms with Crippen LogP contribution in [-0.2, 0) is 9.47 Å². The lowest BCUT2D eigenvalue weighted by Crippen LogP contribution is -2.12. The van der Waals surface area contributed by atoms with Crippen LogP contribution in [0.2, 0.25) is 0 Å². The van der Waals surface area contributed by atoms with Crippen LogP contribution in [0.3, 0.4) is 0 Å². The molecular formula is C9H14O3S. The topological polar surface area (TPSA) is 38.7 Å². The molecule has 0 aromatic rings. The van der Waals surface area contributed by atoms with Crippen molar-refractivity contribution in [2.75, 3.05) is 19.8 Å². The first-order chi connectivity index (χ1) is 6.33. The largest absolute Gasteiger partial charge is 0.489 e. The summed E-state index contributed by atoms with van der Waals surface area (Å²) in [5, 5.41) is 8.86. The van der Waals surface area contributed by atoms with Crippen LogP contribution < -0.4 is 0 Å². The monoisotopic (exact) mass is 202 g/mol. The van der Waals surface area contributed by atoms with Gasteiger partial charge in [-0.05, 0) is 31.1 Å². The second-order valence-electron chi connectivity index (χ2n) is 2.80. The van der Waals surface area contributed by atoms with E-state index in [4.69, 9.17) is 26.8 Å². The van der Waals surface area contributed by atoms with Gasteiger partial charge in [-0.3, -0.25) is 0 Å². The van der Waals surface area contributed by atoms with Crippen molar-refractivity contribution in [2.45, 2.75) is 19.3 Å². The van der Waals surface area contributed by atoms with Crippen molar-refractivity contribution in [3.8, 4) is 0 Å². The number of thiocarbonyl (C=S) groups is 1. The van der Waals surface area contributed by atoms with E-state index in [1.165, 1.54) is 6.42 Å². The van der Waals surface area contributed by atoms with Crippen molar-refractivity contribution in [3.05, 3.63) is 11.8 Å². The normalized spacial score (nSPS) is 15.3. The van der Waals surface area contributed by atoms with E-state index < -0.39 is 0 Å². The summed E-state index contributed by atoms with van der Waals surface area (Å²) in [6.45, 7) is 0.561. The number of aliphatic hydroxyl groups is 1. The fraction of sp³-hybridized carbons (Fsp3) is 0.667. The summed E-state index contributed by atoms with van der Waals surface area (Å²) in [4.78, 5) is 0. The summed E-state index contributed by atoms with van der Waals surface area (Å²) in [6.07, 6.45) is 5.34. The second kappa shape index (κ2) is 5.94. The Morgan fingerprint density at radius 2 is 2.46 bits per heavy atom. The Hall–Kier alpha value is -0.610. The van der Waals surface area contributed by atoms with Crippen LogP contribution in [-0.4, -0.2) is 30.0 Å². The minimum Gasteiger partial charge on any atom is -0.489 e. The molecule has 4 heteroatoms. The van der Waals surface area contributed by atoms with Crippen molar-refractivity contribution in [1.29, 1.82) is 0 Å². The highest BCUT2D eigenvalue weighted by atomic mass is 32.1. The molecule has 13 heavy (non-hydrogen) atoms. The molecule has 0 amide bonds. The van der Waals surface area contributed by atoms with E-state index in [0.29, 0.717) is 11.7 Å². The molecule has 3 nitrogen and oxygen atoms in total. The van der Waals surface area contributed by atoms with Crippen LogP contribution in [0.4, 0.5) is 0 Å². The summed E-state index contributed by atoms with van der Waals surface area (Å²) in [7, 11) is 0. The van der Waals surface area contributed by atoms with Crippen LogP contribution >= 0.6 is 12.2 Å². The van der Waals surface area contributed by atoms with Gasteiger partial charge in [0, 0.05) is 6.42 Å². The molecule has 0 saturated heterocycles. The van der Waals surface area contributed by atoms with Gasteiger partial charge in [0.1, 0.15) is 6.61 Å². The van der Waals surface area contributed by atoms with E-state index in [1.54, 1.807) is 0 Å². The maximum Gasteiger partial charge on any atom is 0.197 e. The predicted molar refractivity (Wildman–Crippen MR) is 53.5 cm³/mol. The zero-order chi connectivity index (χ0) is 9.52. The average molecular weight is 202 g/mol. The van der Waals surface area contributed by atoms with Gasteiger partial charge in [-0.1, -0.05) is 0 Å². The Labute approximate surface area is 83.3 Å². The molecule has 0 aromatic heterocycles. The third kappa shape index (κ3) is 4.24. The molecule has 0 spiro atoms. The first kappa shape index (κ1) is 10.5. The van der Waals surface area contributed by atoms with E-state index >= 15 is 0 Å². The Kier molecular flexibility index (Phi) is 4.78. The summed E-state index contributed by atoms with van der Waals surface area (Å²) in [5.74, 6) is 1.01. The maximum atomic E-state index is 8.46. The number of rotatable bonds is 5. The first-order valence-corrected chi connectivity index (χ1v) is 4.82. The van der Waals surface area contributed by atoms with Gasteiger partial charge < -0.3 is 14.6 Å². The molecule has 0 saturated carbocycles. The molecule has 1 aliphatic rings. The van der Waals surface area contributed by atoms with Gasteiger partial charge in [0.05, 0.1) is 12.4 Å². The molecule has 1 N–H and O–H groups in total. The highest BCUT2D eigenvalue weighted by molar-refractivity contribution is 7.80. The minimum absolute atomic E-state index is 0.0111. The van der Waals surface area contributed by atoms with Gasteiger partial charge >= 0.3 is 0 Å². The van der Waals surface area contributed by atoms with Crippen LogP contribution in [0.15, 0.2) is 11.8 Å². The molecule has 1 aliphatic carbocycles. The van der Waals surface area contributed by atoms with Crippen molar-refractivity contribution in [3.63, 3.8) is 0 Å². The molecule has 0 fully saturated rings. The Bertz CT molecular complexity index is 201. The average Bonchev–Trinajstić information content (AvgIpc) is 2.64. The molecule has 0 unspecified atom stereocenters. The molecular weight excluding hydrogens is 188 g/mol. The molecule has 74 valence electrons. The van der Waals surface area contributed by atoms with Gasteiger partial charge in [-0.15, -0.1) is 0 Å². The molecule has 0 aliphatic heterocycles. The van der Waals surface area contributed by atoms with Crippen LogP contribution in [0, 0.1) is 0 Å². The molecule has 1 rings (SSSR count). The SMILES string of the molecule is OCCOC(=S)COC1=CCCC1. The molecule has 0 radical (unpaired) electrons. The van der Waals surface area contributed by atoms with Gasteiger partial charge in [-0.25, -0.2) is 0 Å². The quantitative estimate of drug-likeness (QED) is 0.684. The van der Waals surface area contributed by atoms with Crippen LogP contribution in [0.5, 0.6) is 0 Å². The summed E-state index contributed by atoms with van der Waals surface area (Å²) in [5.41, 5.74) is 0. The lowest BCUT2D eigenvalue weighted by atomic mass is 10.4. The van der Waals surface area contributed by atoms with Gasteiger partial charge in [-0.2, -0.15) is 0 Å². The van der Waals surface area contributed by atoms with E-state index in [9.17, 15) is 0 Å². The number of allylic oxidation sites excluding steroid dienone is 2. The molecule has 0 heterocycles. The third-order valence-electron chi connectivity index (χ3n) is 1.73. The Balaban J connectivity index is 2.07. The lowest BCUT2D eigenvalue weighted by Gasteiger charge is -2.08. The summed E-state index contributed by atoms with van der Waals surface area (Å²) in [6, 6.07) is 0. The Morgan fingerprint density at radius 1 is 1.62 bits per heavy atom. The fourth-order valence-corrected chi connectivity index (χ4v) is 1.27. The minimum atomic E-state index is -0.0111. The zero-order valence-corrected chi connectivity index (χ0v) is 8.31. The molecule has 0 bridgehead atoms. The predicted octanol–water partition coefficient (Wildman–Crippen LogP) is 1.41. The number of ether oxygens (including phenoxy) is 2. The van der Waals surface area contributed by atoms with Crippen molar-refractivity contribution >= 4 is 17.3 Å². The van der Waals surface area contributed by atoms with E-state index in [0.717, 1.165) is 18.6 Å². The summed E-state index contributed by atoms with van der Waals surface area (Å²) < 4.78 is 10.4. The van der Waals surface area contributed by atoms with Gasteiger partial charge in [0.2, 0.25) is 0 Å². The standard InChI is InChI=1S/C9H14O3S/c10-5-6-11-9(13)7-12-8-3-1-2-4-8/h3,10H,1-2,4-7H2. The second-order valence-corrected chi connectivity index (χ2v) is 3.25. The van der Waals surface area contributed by atoms with E-state index in [1.807, 2.05) is 0 Å². The smallest absolute Gasteiger partial charge is 0.197 e. The Morgan fingerprint density at radius 3 is 3.08 bits per heavy atom. The van der Waals surface area contributed by atoms with Crippen molar-refractivity contribution < 1.29 is 14.6 Å². The first-order valence-electron chi connectivity index (χ1n) is 4.41. The third-order valence-corrected chi connectivity index (χ3v) is 1.96. The lowest BCUT2D eigenvalue weighted by molar-refractivity contribution is 0.173. The maximum absolute atomic E-state index is 8.46. The molecule has 0 atom stereocenters. The van der Waals surface area contributed by atoms with Gasteiger partial charge in [0.15, 0.2) is 11.7 Å². The number of aliphatic hydroxyl groups excluding tert-OH is 1. The number of hydrogen-bond donors (Lipinski definition) is 1. The van der Waals surface area contributed by atoms with Crippen molar-refractivity contribution in [2.24, 2.45) is 0 Å². The zero-order valence-electron chi connectivity index (χ0n) is 7.49. The summed E-state index contributed by atoms with van der Waals surface area (Å²) >= 11 is 4.87. The van der Waals surface area contributed by atoms with Crippen LogP contribution in [0.1, 0.15) is 19.3 Å². The highest BCUT2D eigenvalue weighted by Crippen LogP contribution is 2.18. The number of hydrogen-bond acceptors (Lipinski definition) is 4. The fourth-order valence-electron chi connectivity index (χ4n) is 1.13. The van der Waals surface area contributed by atoms with Crippen LogP contribution in [0.25, 0.3) is 0 Å². The van der Waals surface area contributed by atoms with Gasteiger partial charge in [0.25, 0.3) is 0 Å². The van der Waals surface area contributed by atoms with Crippen molar-refractivity contribution in [1.82, 2.24) is 0 Å². The molecule has 0 aromatic carbocycles.